The molecule has 2 saturated carbocycles. The topological polar surface area (TPSA) is 40.5 Å². The molecule has 1 amide bonds. The number of amides is 1. The monoisotopic (exact) mass is 209 g/mol. The van der Waals surface area contributed by atoms with E-state index in [4.69, 9.17) is 0 Å². The van der Waals surface area contributed by atoms with Crippen LogP contribution in [0.5, 0.6) is 0 Å². The van der Waals surface area contributed by atoms with Crippen LogP contribution in [0.1, 0.15) is 32.1 Å². The zero-order chi connectivity index (χ0) is 10.4. The van der Waals surface area contributed by atoms with Gasteiger partial charge in [-0.1, -0.05) is 6.42 Å². The van der Waals surface area contributed by atoms with Gasteiger partial charge in [0.05, 0.1) is 12.6 Å². The van der Waals surface area contributed by atoms with E-state index in [1.807, 2.05) is 4.90 Å². The third-order valence-corrected chi connectivity index (χ3v) is 4.56. The first-order valence-corrected chi connectivity index (χ1v) is 6.24. The van der Waals surface area contributed by atoms with E-state index >= 15 is 0 Å². The second-order valence-corrected chi connectivity index (χ2v) is 5.29. The van der Waals surface area contributed by atoms with Gasteiger partial charge in [-0.2, -0.15) is 0 Å². The van der Waals surface area contributed by atoms with E-state index in [-0.39, 0.29) is 12.6 Å². The van der Waals surface area contributed by atoms with Crippen LogP contribution < -0.4 is 0 Å². The molecular weight excluding hydrogens is 190 g/mol. The number of nitrogens with zero attached hydrogens (tertiary/aromatic N) is 1. The number of likely N-dealkylation sites (tertiary alicyclic amines) is 1. The lowest BCUT2D eigenvalue weighted by molar-refractivity contribution is -0.134. The summed E-state index contributed by atoms with van der Waals surface area (Å²) in [4.78, 5) is 14.2. The highest BCUT2D eigenvalue weighted by atomic mass is 16.3. The van der Waals surface area contributed by atoms with Gasteiger partial charge >= 0.3 is 0 Å². The fraction of sp³-hybridized carbons (Fsp3) is 0.917. The Hall–Kier alpha value is -0.570. The van der Waals surface area contributed by atoms with Crippen LogP contribution >= 0.6 is 0 Å². The van der Waals surface area contributed by atoms with E-state index in [2.05, 4.69) is 0 Å². The number of carbonyl (C=O) groups is 1. The van der Waals surface area contributed by atoms with E-state index in [0.29, 0.717) is 23.7 Å². The minimum Gasteiger partial charge on any atom is -0.394 e. The molecule has 84 valence electrons. The summed E-state index contributed by atoms with van der Waals surface area (Å²) < 4.78 is 0. The van der Waals surface area contributed by atoms with Crippen molar-refractivity contribution in [3.8, 4) is 0 Å². The molecule has 0 aromatic carbocycles. The molecule has 0 radical (unpaired) electrons. The highest BCUT2D eigenvalue weighted by Gasteiger charge is 2.58. The predicted octanol–water partition coefficient (Wildman–Crippen LogP) is 1.02. The van der Waals surface area contributed by atoms with Crippen LogP contribution in [0.15, 0.2) is 0 Å². The summed E-state index contributed by atoms with van der Waals surface area (Å²) in [5.41, 5.74) is 0. The number of aliphatic hydroxyl groups is 1. The lowest BCUT2D eigenvalue weighted by Crippen LogP contribution is -2.39. The lowest BCUT2D eigenvalue weighted by atomic mass is 10.1. The van der Waals surface area contributed by atoms with Crippen LogP contribution in [0.25, 0.3) is 0 Å². The Labute approximate surface area is 90.5 Å². The summed E-state index contributed by atoms with van der Waals surface area (Å²) in [6, 6.07) is 0.124. The summed E-state index contributed by atoms with van der Waals surface area (Å²) in [5.74, 6) is 2.10. The number of rotatable bonds is 2. The van der Waals surface area contributed by atoms with Crippen LogP contribution in [-0.4, -0.2) is 35.1 Å². The molecule has 15 heavy (non-hydrogen) atoms. The highest BCUT2D eigenvalue weighted by Crippen LogP contribution is 2.58. The summed E-state index contributed by atoms with van der Waals surface area (Å²) in [6.45, 7) is 1.02. The second-order valence-electron chi connectivity index (χ2n) is 5.29. The van der Waals surface area contributed by atoms with Gasteiger partial charge in [0.2, 0.25) is 5.91 Å². The van der Waals surface area contributed by atoms with E-state index in [1.54, 1.807) is 0 Å². The third kappa shape index (κ3) is 1.40. The molecule has 0 spiro atoms. The standard InChI is InChI=1S/C12H19NO2/c14-7-8-3-2-6-13(8)12(15)11-9-4-1-5-10(9)11/h8-11,14H,1-7H2. The van der Waals surface area contributed by atoms with Crippen molar-refractivity contribution in [3.05, 3.63) is 0 Å². The number of fused-ring (bicyclic) bond motifs is 1. The van der Waals surface area contributed by atoms with Gasteiger partial charge in [-0.3, -0.25) is 4.79 Å². The summed E-state index contributed by atoms with van der Waals surface area (Å²) in [6.07, 6.45) is 5.91. The van der Waals surface area contributed by atoms with Crippen molar-refractivity contribution in [3.63, 3.8) is 0 Å². The van der Waals surface area contributed by atoms with Crippen molar-refractivity contribution in [1.29, 1.82) is 0 Å². The van der Waals surface area contributed by atoms with Gasteiger partial charge < -0.3 is 10.0 Å². The van der Waals surface area contributed by atoms with Crippen LogP contribution in [0.4, 0.5) is 0 Å². The van der Waals surface area contributed by atoms with Crippen molar-refractivity contribution in [1.82, 2.24) is 4.90 Å². The molecule has 1 aliphatic heterocycles. The Balaban J connectivity index is 1.65. The predicted molar refractivity (Wildman–Crippen MR) is 56.1 cm³/mol. The van der Waals surface area contributed by atoms with Crippen molar-refractivity contribution in [2.75, 3.05) is 13.2 Å². The second kappa shape index (κ2) is 3.48. The molecule has 3 unspecified atom stereocenters. The molecule has 0 aromatic rings. The van der Waals surface area contributed by atoms with Crippen molar-refractivity contribution in [2.24, 2.45) is 17.8 Å². The van der Waals surface area contributed by atoms with Crippen molar-refractivity contribution < 1.29 is 9.90 Å². The van der Waals surface area contributed by atoms with Crippen LogP contribution in [-0.2, 0) is 4.79 Å². The first-order chi connectivity index (χ1) is 7.33. The van der Waals surface area contributed by atoms with Gasteiger partial charge in [-0.05, 0) is 37.5 Å². The van der Waals surface area contributed by atoms with E-state index in [1.165, 1.54) is 19.3 Å². The van der Waals surface area contributed by atoms with E-state index in [0.717, 1.165) is 19.4 Å². The van der Waals surface area contributed by atoms with Crippen LogP contribution in [0, 0.1) is 17.8 Å². The van der Waals surface area contributed by atoms with Gasteiger partial charge in [0.15, 0.2) is 0 Å². The van der Waals surface area contributed by atoms with Crippen molar-refractivity contribution in [2.45, 2.75) is 38.1 Å². The first-order valence-electron chi connectivity index (χ1n) is 6.24. The minimum atomic E-state index is 0.124. The molecule has 1 N–H and O–H groups in total. The molecule has 0 aromatic heterocycles. The van der Waals surface area contributed by atoms with Crippen LogP contribution in [0.2, 0.25) is 0 Å². The normalized spacial score (nSPS) is 43.1. The van der Waals surface area contributed by atoms with Crippen molar-refractivity contribution >= 4 is 5.91 Å². The fourth-order valence-corrected chi connectivity index (χ4v) is 3.69. The fourth-order valence-electron chi connectivity index (χ4n) is 3.69. The molecule has 2 aliphatic carbocycles. The minimum absolute atomic E-state index is 0.124. The molecule has 3 atom stereocenters. The zero-order valence-corrected chi connectivity index (χ0v) is 9.06. The van der Waals surface area contributed by atoms with Gasteiger partial charge in [0, 0.05) is 12.5 Å². The largest absolute Gasteiger partial charge is 0.394 e. The van der Waals surface area contributed by atoms with Gasteiger partial charge in [0.25, 0.3) is 0 Å². The average molecular weight is 209 g/mol. The molecule has 3 heteroatoms. The highest BCUT2D eigenvalue weighted by molar-refractivity contribution is 5.83. The summed E-state index contributed by atoms with van der Waals surface area (Å²) in [7, 11) is 0. The average Bonchev–Trinajstić information content (AvgIpc) is 2.72. The molecule has 1 heterocycles. The quantitative estimate of drug-likeness (QED) is 0.737. The molecule has 3 fully saturated rings. The maximum Gasteiger partial charge on any atom is 0.226 e. The maximum atomic E-state index is 12.2. The number of aliphatic hydroxyl groups excluding tert-OH is 1. The number of hydrogen-bond acceptors (Lipinski definition) is 2. The molecule has 3 rings (SSSR count). The molecule has 3 nitrogen and oxygen atoms in total. The maximum absolute atomic E-state index is 12.2. The molecule has 3 aliphatic rings. The zero-order valence-electron chi connectivity index (χ0n) is 9.06. The summed E-state index contributed by atoms with van der Waals surface area (Å²) >= 11 is 0. The Kier molecular flexibility index (Phi) is 2.23. The number of carbonyl (C=O) groups excluding carboxylic acids is 1. The van der Waals surface area contributed by atoms with E-state index < -0.39 is 0 Å². The Morgan fingerprint density at radius 3 is 2.60 bits per heavy atom. The lowest BCUT2D eigenvalue weighted by Gasteiger charge is -2.23. The van der Waals surface area contributed by atoms with E-state index in [9.17, 15) is 9.90 Å². The SMILES string of the molecule is O=C(C1C2CCCC21)N1CCCC1CO. The van der Waals surface area contributed by atoms with Crippen LogP contribution in [0.3, 0.4) is 0 Å². The third-order valence-electron chi connectivity index (χ3n) is 4.56. The summed E-state index contributed by atoms with van der Waals surface area (Å²) in [5, 5.41) is 9.20. The number of hydrogen-bond donors (Lipinski definition) is 1. The Morgan fingerprint density at radius 1 is 1.20 bits per heavy atom. The first kappa shape index (κ1) is 9.64. The smallest absolute Gasteiger partial charge is 0.226 e. The molecule has 1 saturated heterocycles. The Morgan fingerprint density at radius 2 is 1.93 bits per heavy atom. The Bertz CT molecular complexity index is 269. The van der Waals surface area contributed by atoms with Gasteiger partial charge in [0.1, 0.15) is 0 Å². The van der Waals surface area contributed by atoms with Gasteiger partial charge in [-0.25, -0.2) is 0 Å². The van der Waals surface area contributed by atoms with Gasteiger partial charge in [-0.15, -0.1) is 0 Å². The molecule has 0 bridgehead atoms. The molecular formula is C12H19NO2.